The molecule has 0 radical (unpaired) electrons. The third-order valence-electron chi connectivity index (χ3n) is 7.12. The van der Waals surface area contributed by atoms with Gasteiger partial charge in [0.15, 0.2) is 0 Å². The third kappa shape index (κ3) is 6.82. The van der Waals surface area contributed by atoms with Gasteiger partial charge in [0.05, 0.1) is 4.90 Å². The molecule has 39 heavy (non-hydrogen) atoms. The number of alkyl carbamates (subject to hydrolysis) is 1. The SMILES string of the molecule is CC(C)(C)OC(=O)NC1CCC(C(=O)N2CCN(S(=O)(=O)c3ccc4cc(Cl)ccc4c3)CC2C(=O)O)CC1. The van der Waals surface area contributed by atoms with Gasteiger partial charge in [0.25, 0.3) is 0 Å². The Labute approximate surface area is 233 Å². The van der Waals surface area contributed by atoms with Gasteiger partial charge in [-0.2, -0.15) is 4.31 Å². The minimum Gasteiger partial charge on any atom is -0.480 e. The Kier molecular flexibility index (Phi) is 8.44. The highest BCUT2D eigenvalue weighted by molar-refractivity contribution is 7.89. The van der Waals surface area contributed by atoms with Crippen LogP contribution in [0.4, 0.5) is 4.79 Å². The van der Waals surface area contributed by atoms with Gasteiger partial charge in [0, 0.05) is 36.6 Å². The lowest BCUT2D eigenvalue weighted by Crippen LogP contribution is -2.60. The van der Waals surface area contributed by atoms with E-state index in [0.717, 1.165) is 9.69 Å². The van der Waals surface area contributed by atoms with E-state index in [9.17, 15) is 27.9 Å². The molecule has 1 aliphatic carbocycles. The van der Waals surface area contributed by atoms with Crippen LogP contribution >= 0.6 is 11.6 Å². The number of rotatable bonds is 5. The molecule has 1 aliphatic heterocycles. The van der Waals surface area contributed by atoms with Crippen molar-refractivity contribution >= 4 is 50.4 Å². The highest BCUT2D eigenvalue weighted by Gasteiger charge is 2.42. The van der Waals surface area contributed by atoms with Gasteiger partial charge in [0.2, 0.25) is 15.9 Å². The molecule has 10 nitrogen and oxygen atoms in total. The predicted octanol–water partition coefficient (Wildman–Crippen LogP) is 3.86. The highest BCUT2D eigenvalue weighted by Crippen LogP contribution is 2.30. The third-order valence-corrected chi connectivity index (χ3v) is 9.22. The van der Waals surface area contributed by atoms with Crippen LogP contribution in [0, 0.1) is 5.92 Å². The lowest BCUT2D eigenvalue weighted by atomic mass is 9.84. The predicted molar refractivity (Wildman–Crippen MR) is 146 cm³/mol. The lowest BCUT2D eigenvalue weighted by molar-refractivity contribution is -0.155. The van der Waals surface area contributed by atoms with Crippen LogP contribution in [0.3, 0.4) is 0 Å². The summed E-state index contributed by atoms with van der Waals surface area (Å²) in [5.74, 6) is -1.94. The Balaban J connectivity index is 1.40. The van der Waals surface area contributed by atoms with E-state index in [2.05, 4.69) is 5.32 Å². The van der Waals surface area contributed by atoms with Crippen LogP contribution in [0.1, 0.15) is 46.5 Å². The van der Waals surface area contributed by atoms with E-state index in [1.54, 1.807) is 45.0 Å². The molecule has 1 atom stereocenters. The van der Waals surface area contributed by atoms with Gasteiger partial charge in [0.1, 0.15) is 11.6 Å². The first-order valence-corrected chi connectivity index (χ1v) is 14.8. The van der Waals surface area contributed by atoms with Crippen LogP contribution in [0.5, 0.6) is 0 Å². The monoisotopic (exact) mass is 579 g/mol. The van der Waals surface area contributed by atoms with E-state index in [4.69, 9.17) is 16.3 Å². The van der Waals surface area contributed by atoms with Crippen molar-refractivity contribution in [2.75, 3.05) is 19.6 Å². The van der Waals surface area contributed by atoms with Gasteiger partial charge in [-0.15, -0.1) is 0 Å². The molecule has 2 aliphatic rings. The van der Waals surface area contributed by atoms with E-state index >= 15 is 0 Å². The molecule has 212 valence electrons. The molecular formula is C27H34ClN3O7S. The molecule has 1 unspecified atom stereocenters. The van der Waals surface area contributed by atoms with Gasteiger partial charge < -0.3 is 20.1 Å². The molecule has 1 saturated heterocycles. The number of halogens is 1. The maximum absolute atomic E-state index is 13.4. The summed E-state index contributed by atoms with van der Waals surface area (Å²) < 4.78 is 33.3. The first-order valence-electron chi connectivity index (χ1n) is 13.0. The van der Waals surface area contributed by atoms with Crippen molar-refractivity contribution in [1.29, 1.82) is 0 Å². The number of carboxylic acid groups (broad SMARTS) is 1. The number of ether oxygens (including phenoxy) is 1. The summed E-state index contributed by atoms with van der Waals surface area (Å²) in [6, 6.07) is 8.40. The van der Waals surface area contributed by atoms with Gasteiger partial charge in [-0.05, 0) is 81.5 Å². The number of carbonyl (C=O) groups excluding carboxylic acids is 2. The molecule has 1 saturated carbocycles. The molecular weight excluding hydrogens is 546 g/mol. The van der Waals surface area contributed by atoms with Crippen molar-refractivity contribution in [3.8, 4) is 0 Å². The molecule has 2 aromatic carbocycles. The number of aliphatic carboxylic acids is 1. The number of carbonyl (C=O) groups is 3. The zero-order chi connectivity index (χ0) is 28.5. The van der Waals surface area contributed by atoms with Crippen molar-refractivity contribution in [3.63, 3.8) is 0 Å². The van der Waals surface area contributed by atoms with Crippen molar-refractivity contribution in [3.05, 3.63) is 41.4 Å². The number of benzene rings is 2. The summed E-state index contributed by atoms with van der Waals surface area (Å²) in [5.41, 5.74) is -0.610. The van der Waals surface area contributed by atoms with E-state index in [1.165, 1.54) is 17.0 Å². The molecule has 2 aromatic rings. The van der Waals surface area contributed by atoms with E-state index < -0.39 is 33.7 Å². The summed E-state index contributed by atoms with van der Waals surface area (Å²) in [4.78, 5) is 38.9. The number of amides is 2. The number of piperazine rings is 1. The fraction of sp³-hybridized carbons (Fsp3) is 0.519. The Morgan fingerprint density at radius 1 is 1.00 bits per heavy atom. The van der Waals surface area contributed by atoms with E-state index in [0.29, 0.717) is 36.1 Å². The van der Waals surface area contributed by atoms with Crippen LogP contribution in [0.15, 0.2) is 41.3 Å². The summed E-state index contributed by atoms with van der Waals surface area (Å²) in [6.45, 7) is 4.98. The molecule has 4 rings (SSSR count). The highest BCUT2D eigenvalue weighted by atomic mass is 35.5. The Hall–Kier alpha value is -2.89. The van der Waals surface area contributed by atoms with Crippen LogP contribution in [-0.4, -0.2) is 78.0 Å². The second-order valence-corrected chi connectivity index (χ2v) is 13.5. The Morgan fingerprint density at radius 3 is 2.28 bits per heavy atom. The van der Waals surface area contributed by atoms with Gasteiger partial charge in [-0.1, -0.05) is 23.7 Å². The minimum atomic E-state index is -3.99. The number of hydrogen-bond donors (Lipinski definition) is 2. The quantitative estimate of drug-likeness (QED) is 0.549. The molecule has 0 aromatic heterocycles. The minimum absolute atomic E-state index is 0.00788. The maximum Gasteiger partial charge on any atom is 0.407 e. The number of fused-ring (bicyclic) bond motifs is 1. The normalized spacial score (nSPS) is 22.9. The van der Waals surface area contributed by atoms with Gasteiger partial charge in [-0.3, -0.25) is 4.79 Å². The number of sulfonamides is 1. The summed E-state index contributed by atoms with van der Waals surface area (Å²) in [6.07, 6.45) is 1.61. The fourth-order valence-electron chi connectivity index (χ4n) is 5.15. The molecule has 12 heteroatoms. The average molecular weight is 580 g/mol. The topological polar surface area (TPSA) is 133 Å². The number of hydrogen-bond acceptors (Lipinski definition) is 6. The second-order valence-electron chi connectivity index (χ2n) is 11.1. The van der Waals surface area contributed by atoms with Crippen molar-refractivity contribution in [2.24, 2.45) is 5.92 Å². The smallest absolute Gasteiger partial charge is 0.407 e. The number of nitrogens with zero attached hydrogens (tertiary/aromatic N) is 2. The van der Waals surface area contributed by atoms with Crippen molar-refractivity contribution in [2.45, 2.75) is 69.0 Å². The molecule has 1 heterocycles. The maximum atomic E-state index is 13.4. The lowest BCUT2D eigenvalue weighted by Gasteiger charge is -2.41. The largest absolute Gasteiger partial charge is 0.480 e. The zero-order valence-electron chi connectivity index (χ0n) is 22.2. The average Bonchev–Trinajstić information content (AvgIpc) is 2.86. The first kappa shape index (κ1) is 29.1. The van der Waals surface area contributed by atoms with Crippen LogP contribution < -0.4 is 5.32 Å². The molecule has 2 N–H and O–H groups in total. The second kappa shape index (κ2) is 11.3. The van der Waals surface area contributed by atoms with Gasteiger partial charge in [-0.25, -0.2) is 18.0 Å². The molecule has 2 fully saturated rings. The van der Waals surface area contributed by atoms with Crippen LogP contribution in [-0.2, 0) is 24.3 Å². The Bertz CT molecular complexity index is 1370. The zero-order valence-corrected chi connectivity index (χ0v) is 23.8. The van der Waals surface area contributed by atoms with Crippen molar-refractivity contribution in [1.82, 2.24) is 14.5 Å². The van der Waals surface area contributed by atoms with E-state index in [1.807, 2.05) is 0 Å². The Morgan fingerprint density at radius 2 is 1.64 bits per heavy atom. The van der Waals surface area contributed by atoms with Crippen LogP contribution in [0.25, 0.3) is 10.8 Å². The fourth-order valence-corrected chi connectivity index (χ4v) is 6.80. The standard InChI is InChI=1S/C27H34ClN3O7S/c1-27(2,3)38-26(35)29-21-9-5-17(6-10-21)24(32)31-13-12-30(16-23(31)25(33)34)39(36,37)22-11-7-18-14-20(28)8-4-19(18)15-22/h4,7-8,11,14-15,17,21,23H,5-6,9-10,12-13,16H2,1-3H3,(H,29,35)(H,33,34). The summed E-state index contributed by atoms with van der Waals surface area (Å²) >= 11 is 6.02. The number of nitrogens with one attached hydrogen (secondary N) is 1. The van der Waals surface area contributed by atoms with Gasteiger partial charge >= 0.3 is 12.1 Å². The van der Waals surface area contributed by atoms with Crippen molar-refractivity contribution < 1.29 is 32.6 Å². The number of carboxylic acids is 1. The molecule has 2 amide bonds. The molecule has 0 bridgehead atoms. The van der Waals surface area contributed by atoms with E-state index in [-0.39, 0.29) is 42.4 Å². The summed E-state index contributed by atoms with van der Waals surface area (Å²) in [7, 11) is -3.99. The molecule has 0 spiro atoms. The first-order chi connectivity index (χ1) is 18.2. The summed E-state index contributed by atoms with van der Waals surface area (Å²) in [5, 5.41) is 14.8. The van der Waals surface area contributed by atoms with Crippen LogP contribution in [0.2, 0.25) is 5.02 Å².